The van der Waals surface area contributed by atoms with E-state index >= 15 is 0 Å². The number of nitriles is 1. The molecular formula is C16H20BNO3. The summed E-state index contributed by atoms with van der Waals surface area (Å²) >= 11 is 0. The summed E-state index contributed by atoms with van der Waals surface area (Å²) in [4.78, 5) is 11.5. The molecule has 5 heteroatoms. The van der Waals surface area contributed by atoms with Gasteiger partial charge < -0.3 is 9.31 Å². The molecule has 0 N–H and O–H groups in total. The van der Waals surface area contributed by atoms with Gasteiger partial charge in [0.25, 0.3) is 0 Å². The van der Waals surface area contributed by atoms with Crippen molar-refractivity contribution in [1.29, 1.82) is 5.26 Å². The number of rotatable bonds is 3. The number of hydrogen-bond donors (Lipinski definition) is 0. The molecule has 1 aliphatic rings. The van der Waals surface area contributed by atoms with Gasteiger partial charge in [0.15, 0.2) is 5.78 Å². The van der Waals surface area contributed by atoms with Crippen molar-refractivity contribution >= 4 is 18.4 Å². The van der Waals surface area contributed by atoms with Crippen molar-refractivity contribution in [2.24, 2.45) is 0 Å². The average molecular weight is 285 g/mol. The lowest BCUT2D eigenvalue weighted by atomic mass is 9.77. The molecule has 0 spiro atoms. The van der Waals surface area contributed by atoms with Crippen molar-refractivity contribution in [3.05, 3.63) is 29.8 Å². The topological polar surface area (TPSA) is 59.3 Å². The number of Topliss-reactive ketones (excluding diaryl/α,β-unsaturated/α-hetero) is 1. The maximum Gasteiger partial charge on any atom is 0.494 e. The molecule has 0 radical (unpaired) electrons. The van der Waals surface area contributed by atoms with Gasteiger partial charge in [-0.3, -0.25) is 4.79 Å². The van der Waals surface area contributed by atoms with Gasteiger partial charge in [0, 0.05) is 0 Å². The highest BCUT2D eigenvalue weighted by Crippen LogP contribution is 2.36. The van der Waals surface area contributed by atoms with Crippen LogP contribution in [0.3, 0.4) is 0 Å². The Hall–Kier alpha value is -1.64. The minimum atomic E-state index is -0.743. The zero-order chi connectivity index (χ0) is 15.8. The highest BCUT2D eigenvalue weighted by atomic mass is 16.7. The summed E-state index contributed by atoms with van der Waals surface area (Å²) in [6, 6.07) is 9.35. The maximum atomic E-state index is 11.5. The van der Waals surface area contributed by atoms with Gasteiger partial charge in [-0.25, -0.2) is 0 Å². The van der Waals surface area contributed by atoms with E-state index in [0.717, 1.165) is 5.46 Å². The van der Waals surface area contributed by atoms with Gasteiger partial charge in [0.1, 0.15) is 5.92 Å². The second kappa shape index (κ2) is 5.29. The zero-order valence-corrected chi connectivity index (χ0v) is 13.1. The second-order valence-corrected chi connectivity index (χ2v) is 6.43. The highest BCUT2D eigenvalue weighted by Gasteiger charge is 2.51. The van der Waals surface area contributed by atoms with Crippen molar-refractivity contribution in [3.63, 3.8) is 0 Å². The fourth-order valence-corrected chi connectivity index (χ4v) is 2.26. The lowest BCUT2D eigenvalue weighted by Gasteiger charge is -2.32. The van der Waals surface area contributed by atoms with Crippen molar-refractivity contribution in [3.8, 4) is 6.07 Å². The smallest absolute Gasteiger partial charge is 0.399 e. The van der Waals surface area contributed by atoms with E-state index in [0.29, 0.717) is 5.56 Å². The van der Waals surface area contributed by atoms with Gasteiger partial charge in [-0.15, -0.1) is 0 Å². The molecule has 0 amide bonds. The molecular weight excluding hydrogens is 265 g/mol. The quantitative estimate of drug-likeness (QED) is 0.799. The molecule has 0 saturated carbocycles. The number of carbonyl (C=O) groups excluding carboxylic acids is 1. The average Bonchev–Trinajstić information content (AvgIpc) is 2.59. The summed E-state index contributed by atoms with van der Waals surface area (Å²) in [5, 5.41) is 9.14. The van der Waals surface area contributed by atoms with E-state index in [1.165, 1.54) is 6.92 Å². The lowest BCUT2D eigenvalue weighted by molar-refractivity contribution is -0.117. The molecule has 4 nitrogen and oxygen atoms in total. The van der Waals surface area contributed by atoms with E-state index in [1.807, 2.05) is 52.0 Å². The number of benzene rings is 1. The summed E-state index contributed by atoms with van der Waals surface area (Å²) < 4.78 is 12.0. The molecule has 1 aliphatic heterocycles. The van der Waals surface area contributed by atoms with Crippen LogP contribution < -0.4 is 5.46 Å². The Balaban J connectivity index is 2.32. The van der Waals surface area contributed by atoms with Crippen LogP contribution >= 0.6 is 0 Å². The third kappa shape index (κ3) is 2.87. The van der Waals surface area contributed by atoms with E-state index < -0.39 is 24.2 Å². The summed E-state index contributed by atoms with van der Waals surface area (Å²) in [6.45, 7) is 9.39. The maximum absolute atomic E-state index is 11.5. The number of nitrogens with zero attached hydrogens (tertiary/aromatic N) is 1. The van der Waals surface area contributed by atoms with Crippen LogP contribution in [-0.4, -0.2) is 24.1 Å². The zero-order valence-electron chi connectivity index (χ0n) is 13.1. The molecule has 110 valence electrons. The Morgan fingerprint density at radius 1 is 1.24 bits per heavy atom. The third-order valence-corrected chi connectivity index (χ3v) is 4.31. The summed E-state index contributed by atoms with van der Waals surface area (Å²) in [7, 11) is -0.485. The molecule has 0 aromatic heterocycles. The fourth-order valence-electron chi connectivity index (χ4n) is 2.26. The van der Waals surface area contributed by atoms with E-state index in [1.54, 1.807) is 6.07 Å². The lowest BCUT2D eigenvalue weighted by Crippen LogP contribution is -2.41. The minimum Gasteiger partial charge on any atom is -0.399 e. The van der Waals surface area contributed by atoms with Gasteiger partial charge >= 0.3 is 7.12 Å². The van der Waals surface area contributed by atoms with Gasteiger partial charge in [-0.05, 0) is 45.6 Å². The Labute approximate surface area is 126 Å². The van der Waals surface area contributed by atoms with Gasteiger partial charge in [0.2, 0.25) is 0 Å². The molecule has 1 aromatic carbocycles. The minimum absolute atomic E-state index is 0.163. The third-order valence-electron chi connectivity index (χ3n) is 4.31. The molecule has 1 heterocycles. The molecule has 21 heavy (non-hydrogen) atoms. The first-order chi connectivity index (χ1) is 9.68. The molecule has 1 aromatic rings. The molecule has 2 rings (SSSR count). The summed E-state index contributed by atoms with van der Waals surface area (Å²) in [5.74, 6) is -0.907. The molecule has 0 bridgehead atoms. The first-order valence-electron chi connectivity index (χ1n) is 7.03. The Morgan fingerprint density at radius 3 is 2.29 bits per heavy atom. The number of ketones is 1. The largest absolute Gasteiger partial charge is 0.494 e. The molecule has 1 fully saturated rings. The van der Waals surface area contributed by atoms with Crippen molar-refractivity contribution in [2.75, 3.05) is 0 Å². The van der Waals surface area contributed by atoms with Crippen molar-refractivity contribution in [2.45, 2.75) is 51.7 Å². The SMILES string of the molecule is CC(=O)C(C#N)c1cccc(B2OC(C)(C)C(C)(C)O2)c1. The van der Waals surface area contributed by atoms with Crippen LogP contribution in [-0.2, 0) is 14.1 Å². The molecule has 1 unspecified atom stereocenters. The monoisotopic (exact) mass is 285 g/mol. The second-order valence-electron chi connectivity index (χ2n) is 6.43. The van der Waals surface area contributed by atoms with Crippen LogP contribution in [0.5, 0.6) is 0 Å². The molecule has 1 saturated heterocycles. The van der Waals surface area contributed by atoms with E-state index in [9.17, 15) is 4.79 Å². The van der Waals surface area contributed by atoms with E-state index in [-0.39, 0.29) is 5.78 Å². The van der Waals surface area contributed by atoms with Gasteiger partial charge in [0.05, 0.1) is 17.3 Å². The first kappa shape index (κ1) is 15.7. The predicted octanol–water partition coefficient (Wildman–Crippen LogP) is 2.18. The summed E-state index contributed by atoms with van der Waals surface area (Å²) in [6.07, 6.45) is 0. The fraction of sp³-hybridized carbons (Fsp3) is 0.500. The van der Waals surface area contributed by atoms with Crippen molar-refractivity contribution in [1.82, 2.24) is 0 Å². The normalized spacial score (nSPS) is 20.9. The Kier molecular flexibility index (Phi) is 3.96. The van der Waals surface area contributed by atoms with Crippen LogP contribution in [0.15, 0.2) is 24.3 Å². The number of hydrogen-bond acceptors (Lipinski definition) is 4. The van der Waals surface area contributed by atoms with E-state index in [2.05, 4.69) is 0 Å². The van der Waals surface area contributed by atoms with E-state index in [4.69, 9.17) is 14.6 Å². The van der Waals surface area contributed by atoms with Gasteiger partial charge in [-0.1, -0.05) is 24.3 Å². The van der Waals surface area contributed by atoms with Crippen LogP contribution in [0.4, 0.5) is 0 Å². The standard InChI is InChI=1S/C16H20BNO3/c1-11(19)14(10-18)12-7-6-8-13(9-12)17-20-15(2,3)16(4,5)21-17/h6-9,14H,1-5H3. The predicted molar refractivity (Wildman–Crippen MR) is 81.2 cm³/mol. The van der Waals surface area contributed by atoms with Crippen LogP contribution in [0.2, 0.25) is 0 Å². The highest BCUT2D eigenvalue weighted by molar-refractivity contribution is 6.62. The molecule has 1 atom stereocenters. The van der Waals surface area contributed by atoms with Crippen LogP contribution in [0.25, 0.3) is 0 Å². The Bertz CT molecular complexity index is 588. The van der Waals surface area contributed by atoms with Crippen LogP contribution in [0.1, 0.15) is 46.1 Å². The van der Waals surface area contributed by atoms with Crippen LogP contribution in [0, 0.1) is 11.3 Å². The summed E-state index contributed by atoms with van der Waals surface area (Å²) in [5.41, 5.74) is 0.677. The number of carbonyl (C=O) groups is 1. The Morgan fingerprint density at radius 2 is 1.81 bits per heavy atom. The molecule has 0 aliphatic carbocycles. The van der Waals surface area contributed by atoms with Gasteiger partial charge in [-0.2, -0.15) is 5.26 Å². The van der Waals surface area contributed by atoms with Crippen molar-refractivity contribution < 1.29 is 14.1 Å². The first-order valence-corrected chi connectivity index (χ1v) is 7.03.